The summed E-state index contributed by atoms with van der Waals surface area (Å²) in [7, 11) is 0. The highest BCUT2D eigenvalue weighted by Crippen LogP contribution is 2.59. The molecule has 3 aliphatic carbocycles. The Morgan fingerprint density at radius 1 is 1.18 bits per heavy atom. The van der Waals surface area contributed by atoms with Crippen LogP contribution in [0.15, 0.2) is 47.6 Å². The van der Waals surface area contributed by atoms with E-state index in [-0.39, 0.29) is 11.3 Å². The molecule has 0 bridgehead atoms. The molecule has 0 saturated heterocycles. The van der Waals surface area contributed by atoms with Gasteiger partial charge >= 0.3 is 0 Å². The van der Waals surface area contributed by atoms with Gasteiger partial charge in [0.25, 0.3) is 0 Å². The van der Waals surface area contributed by atoms with Crippen LogP contribution in [0, 0.1) is 23.2 Å². The fourth-order valence-electron chi connectivity index (χ4n) is 6.42. The Labute approximate surface area is 199 Å². The summed E-state index contributed by atoms with van der Waals surface area (Å²) in [6.45, 7) is 11.1. The van der Waals surface area contributed by atoms with Crippen LogP contribution in [0.1, 0.15) is 72.6 Å². The average Bonchev–Trinajstić information content (AvgIpc) is 3.11. The van der Waals surface area contributed by atoms with Crippen LogP contribution < -0.4 is 0 Å². The van der Waals surface area contributed by atoms with E-state index >= 15 is 0 Å². The van der Waals surface area contributed by atoms with Crippen molar-refractivity contribution in [3.63, 3.8) is 0 Å². The smallest absolute Gasteiger partial charge is 0.117 e. The Balaban J connectivity index is 1.78. The molecule has 3 saturated carbocycles. The second-order valence-electron chi connectivity index (χ2n) is 11.5. The maximum atomic E-state index is 10.7. The Morgan fingerprint density at radius 3 is 2.55 bits per heavy atom. The molecule has 0 aromatic heterocycles. The van der Waals surface area contributed by atoms with Gasteiger partial charge in [0.2, 0.25) is 0 Å². The van der Waals surface area contributed by atoms with Crippen LogP contribution in [0.5, 0.6) is 0 Å². The lowest BCUT2D eigenvalue weighted by Crippen LogP contribution is -2.51. The summed E-state index contributed by atoms with van der Waals surface area (Å²) in [6.07, 6.45) is 13.3. The molecular formula is C28H44O5. The van der Waals surface area contributed by atoms with Crippen LogP contribution in [-0.2, 0) is 0 Å². The normalized spacial score (nSPS) is 40.1. The molecule has 5 nitrogen and oxygen atoms in total. The van der Waals surface area contributed by atoms with Gasteiger partial charge in [-0.3, -0.25) is 0 Å². The third-order valence-electron chi connectivity index (χ3n) is 9.06. The number of rotatable bonds is 6. The molecular weight excluding hydrogens is 416 g/mol. The van der Waals surface area contributed by atoms with Gasteiger partial charge in [0.05, 0.1) is 18.8 Å². The molecule has 186 valence electrons. The van der Waals surface area contributed by atoms with Gasteiger partial charge in [0.15, 0.2) is 0 Å². The molecule has 0 radical (unpaired) electrons. The van der Waals surface area contributed by atoms with E-state index in [1.807, 2.05) is 6.08 Å². The zero-order valence-electron chi connectivity index (χ0n) is 20.8. The molecule has 5 heteroatoms. The highest BCUT2D eigenvalue weighted by Gasteiger charge is 2.50. The van der Waals surface area contributed by atoms with Gasteiger partial charge < -0.3 is 25.5 Å². The van der Waals surface area contributed by atoms with E-state index in [0.717, 1.165) is 36.8 Å². The predicted molar refractivity (Wildman–Crippen MR) is 131 cm³/mol. The lowest BCUT2D eigenvalue weighted by atomic mass is 9.61. The van der Waals surface area contributed by atoms with Crippen LogP contribution in [-0.4, -0.2) is 55.5 Å². The van der Waals surface area contributed by atoms with Crippen LogP contribution in [0.2, 0.25) is 0 Å². The van der Waals surface area contributed by atoms with Crippen molar-refractivity contribution < 1.29 is 25.5 Å². The zero-order valence-corrected chi connectivity index (χ0v) is 20.8. The Bertz CT molecular complexity index is 820. The molecule has 0 amide bonds. The van der Waals surface area contributed by atoms with E-state index in [9.17, 15) is 25.5 Å². The molecule has 8 atom stereocenters. The zero-order chi connectivity index (χ0) is 24.6. The molecule has 0 heterocycles. The summed E-state index contributed by atoms with van der Waals surface area (Å²) >= 11 is 0. The summed E-state index contributed by atoms with van der Waals surface area (Å²) in [4.78, 5) is 0. The molecule has 0 spiro atoms. The molecule has 3 fully saturated rings. The Hall–Kier alpha value is -1.24. The van der Waals surface area contributed by atoms with Crippen LogP contribution in [0.25, 0.3) is 0 Å². The van der Waals surface area contributed by atoms with Crippen molar-refractivity contribution in [3.8, 4) is 0 Å². The summed E-state index contributed by atoms with van der Waals surface area (Å²) in [6, 6.07) is 0. The summed E-state index contributed by atoms with van der Waals surface area (Å²) in [5, 5.41) is 50.6. The second-order valence-corrected chi connectivity index (χ2v) is 11.5. The second kappa shape index (κ2) is 9.79. The first-order chi connectivity index (χ1) is 15.3. The third-order valence-corrected chi connectivity index (χ3v) is 9.06. The number of aliphatic hydroxyl groups excluding tert-OH is 3. The van der Waals surface area contributed by atoms with Gasteiger partial charge in [-0.25, -0.2) is 0 Å². The van der Waals surface area contributed by atoms with Crippen LogP contribution in [0.3, 0.4) is 0 Å². The average molecular weight is 461 g/mol. The van der Waals surface area contributed by atoms with Gasteiger partial charge in [-0.1, -0.05) is 50.3 Å². The van der Waals surface area contributed by atoms with Crippen molar-refractivity contribution in [1.29, 1.82) is 0 Å². The van der Waals surface area contributed by atoms with E-state index in [0.29, 0.717) is 24.7 Å². The highest BCUT2D eigenvalue weighted by atomic mass is 16.4. The van der Waals surface area contributed by atoms with Crippen molar-refractivity contribution >= 4 is 0 Å². The topological polar surface area (TPSA) is 101 Å². The van der Waals surface area contributed by atoms with Gasteiger partial charge in [-0.2, -0.15) is 0 Å². The molecule has 3 rings (SSSR count). The molecule has 3 aliphatic rings. The number of aliphatic hydroxyl groups is 5. The summed E-state index contributed by atoms with van der Waals surface area (Å²) in [5.74, 6) is 1.21. The molecule has 5 N–H and O–H groups in total. The monoisotopic (exact) mass is 460 g/mol. The van der Waals surface area contributed by atoms with Gasteiger partial charge in [-0.05, 0) is 86.7 Å². The van der Waals surface area contributed by atoms with E-state index in [1.165, 1.54) is 25.8 Å². The van der Waals surface area contributed by atoms with Gasteiger partial charge in [0, 0.05) is 6.42 Å². The molecule has 1 unspecified atom stereocenters. The van der Waals surface area contributed by atoms with Crippen molar-refractivity contribution in [2.75, 3.05) is 6.61 Å². The molecule has 0 aromatic rings. The number of hydrogen-bond donors (Lipinski definition) is 5. The van der Waals surface area contributed by atoms with Gasteiger partial charge in [0.1, 0.15) is 11.2 Å². The van der Waals surface area contributed by atoms with Crippen LogP contribution in [0.4, 0.5) is 0 Å². The minimum atomic E-state index is -1.59. The van der Waals surface area contributed by atoms with Crippen molar-refractivity contribution in [2.24, 2.45) is 23.2 Å². The Kier molecular flexibility index (Phi) is 7.82. The van der Waals surface area contributed by atoms with E-state index < -0.39 is 30.0 Å². The fraction of sp³-hybridized carbons (Fsp3) is 0.714. The lowest BCUT2D eigenvalue weighted by Gasteiger charge is -2.44. The molecule has 33 heavy (non-hydrogen) atoms. The molecule has 0 aromatic carbocycles. The first-order valence-corrected chi connectivity index (χ1v) is 12.5. The number of fused-ring (bicyclic) bond motifs is 1. The van der Waals surface area contributed by atoms with Crippen molar-refractivity contribution in [3.05, 3.63) is 47.6 Å². The number of allylic oxidation sites excluding steroid dienone is 4. The van der Waals surface area contributed by atoms with E-state index in [2.05, 4.69) is 32.6 Å². The highest BCUT2D eigenvalue weighted by molar-refractivity contribution is 5.38. The fourth-order valence-corrected chi connectivity index (χ4v) is 6.42. The molecule has 0 aliphatic heterocycles. The first kappa shape index (κ1) is 26.4. The minimum Gasteiger partial charge on any atom is -0.393 e. The lowest BCUT2D eigenvalue weighted by molar-refractivity contribution is -0.126. The standard InChI is InChI=1S/C28H44O5/c1-18(12-14-27(4,32)28(5,33)17-29)23-10-11-24-20(7-6-13-26(23,24)3)8-9-21-15-22(30)16-25(31)19(21)2/h8-9,12,14,18,22-25,29-33H,2,6-7,10-11,13,15-17H2,1,3-5H3/b14-12+,20-8-,21-9-/t18-,22-,23-,24+,25+,26-,27-,28?/m1/s1. The summed E-state index contributed by atoms with van der Waals surface area (Å²) in [5.41, 5.74) is 0.197. The number of hydrogen-bond acceptors (Lipinski definition) is 5. The predicted octanol–water partition coefficient (Wildman–Crippen LogP) is 3.81. The largest absolute Gasteiger partial charge is 0.393 e. The van der Waals surface area contributed by atoms with Crippen molar-refractivity contribution in [2.45, 2.75) is 96.1 Å². The maximum absolute atomic E-state index is 10.7. The summed E-state index contributed by atoms with van der Waals surface area (Å²) < 4.78 is 0. The Morgan fingerprint density at radius 2 is 1.88 bits per heavy atom. The quantitative estimate of drug-likeness (QED) is 0.388. The van der Waals surface area contributed by atoms with Gasteiger partial charge in [-0.15, -0.1) is 0 Å². The maximum Gasteiger partial charge on any atom is 0.117 e. The van der Waals surface area contributed by atoms with Crippen molar-refractivity contribution in [1.82, 2.24) is 0 Å². The third kappa shape index (κ3) is 5.23. The SMILES string of the molecule is C=C1/C(=C\C=C2\CCC[C@]3(C)[C@@H]([C@H](C)/C=C/[C@@](C)(O)C(C)(O)CO)CC[C@@H]23)C[C@@H](O)C[C@@H]1O. The van der Waals surface area contributed by atoms with Crippen LogP contribution >= 0.6 is 0 Å². The minimum absolute atomic E-state index is 0.167. The first-order valence-electron chi connectivity index (χ1n) is 12.5. The van der Waals surface area contributed by atoms with E-state index in [1.54, 1.807) is 6.08 Å². The van der Waals surface area contributed by atoms with E-state index in [4.69, 9.17) is 0 Å².